The lowest BCUT2D eigenvalue weighted by Gasteiger charge is -2.09. The van der Waals surface area contributed by atoms with Crippen molar-refractivity contribution in [3.63, 3.8) is 0 Å². The van der Waals surface area contributed by atoms with Gasteiger partial charge in [-0.2, -0.15) is 0 Å². The quantitative estimate of drug-likeness (QED) is 0.632. The Labute approximate surface area is 69.2 Å². The molecule has 1 aliphatic heterocycles. The van der Waals surface area contributed by atoms with Crippen LogP contribution in [0.1, 0.15) is 11.5 Å². The molecule has 0 spiro atoms. The van der Waals surface area contributed by atoms with Crippen LogP contribution < -0.4 is 5.32 Å². The number of hydrogen-bond acceptors (Lipinski definition) is 4. The maximum Gasteiger partial charge on any atom is 0.0746 e. The van der Waals surface area contributed by atoms with Crippen molar-refractivity contribution in [3.8, 4) is 0 Å². The number of nitrogens with one attached hydrogen (secondary N) is 1. The van der Waals surface area contributed by atoms with Gasteiger partial charge in [0, 0.05) is 30.6 Å². The first-order valence-electron chi connectivity index (χ1n) is 3.66. The number of β-amino-alcohol motifs (C(OH)–C–C–N with tert-alkyl or cyclic N) is 1. The third kappa shape index (κ3) is 1.29. The summed E-state index contributed by atoms with van der Waals surface area (Å²) >= 11 is 1.44. The van der Waals surface area contributed by atoms with E-state index < -0.39 is 0 Å². The van der Waals surface area contributed by atoms with Gasteiger partial charge in [-0.05, 0) is 17.1 Å². The zero-order valence-corrected chi connectivity index (χ0v) is 6.84. The molecule has 1 saturated heterocycles. The lowest BCUT2D eigenvalue weighted by atomic mass is 10.0. The van der Waals surface area contributed by atoms with Gasteiger partial charge in [-0.1, -0.05) is 0 Å². The van der Waals surface area contributed by atoms with Gasteiger partial charge in [-0.3, -0.25) is 0 Å². The minimum atomic E-state index is -0.230. The fourth-order valence-corrected chi connectivity index (χ4v) is 2.00. The highest BCUT2D eigenvalue weighted by atomic mass is 32.1. The molecular weight excluding hydrogens is 160 g/mol. The molecule has 1 aromatic rings. The number of nitrogens with zero attached hydrogens (tertiary/aromatic N) is 1. The number of aliphatic hydroxyl groups is 1. The van der Waals surface area contributed by atoms with E-state index in [1.165, 1.54) is 11.5 Å². The van der Waals surface area contributed by atoms with Crippen molar-refractivity contribution in [3.05, 3.63) is 17.1 Å². The summed E-state index contributed by atoms with van der Waals surface area (Å²) < 4.78 is 4.00. The Hall–Kier alpha value is -0.450. The van der Waals surface area contributed by atoms with Crippen molar-refractivity contribution in [2.45, 2.75) is 12.0 Å². The fourth-order valence-electron chi connectivity index (χ4n) is 1.40. The maximum atomic E-state index is 9.48. The summed E-state index contributed by atoms with van der Waals surface area (Å²) in [6, 6.07) is 0. The first-order valence-corrected chi connectivity index (χ1v) is 4.49. The number of aromatic nitrogens is 1. The van der Waals surface area contributed by atoms with Crippen molar-refractivity contribution in [2.24, 2.45) is 0 Å². The van der Waals surface area contributed by atoms with Gasteiger partial charge in [-0.25, -0.2) is 4.37 Å². The largest absolute Gasteiger partial charge is 0.391 e. The molecule has 0 amide bonds. The average Bonchev–Trinajstić information content (AvgIpc) is 2.55. The van der Waals surface area contributed by atoms with E-state index in [2.05, 4.69) is 9.69 Å². The lowest BCUT2D eigenvalue weighted by Crippen LogP contribution is -2.15. The molecule has 3 nitrogen and oxygen atoms in total. The molecule has 4 heteroatoms. The molecule has 2 N–H and O–H groups in total. The molecule has 11 heavy (non-hydrogen) atoms. The Morgan fingerprint density at radius 3 is 3.09 bits per heavy atom. The van der Waals surface area contributed by atoms with Crippen molar-refractivity contribution in [2.75, 3.05) is 13.1 Å². The number of aliphatic hydroxyl groups excluding tert-OH is 1. The Balaban J connectivity index is 2.16. The van der Waals surface area contributed by atoms with Crippen LogP contribution in [-0.2, 0) is 0 Å². The van der Waals surface area contributed by atoms with E-state index in [0.717, 1.165) is 12.1 Å². The summed E-state index contributed by atoms with van der Waals surface area (Å²) in [5.74, 6) is 0.258. The van der Waals surface area contributed by atoms with E-state index in [0.29, 0.717) is 6.54 Å². The van der Waals surface area contributed by atoms with Gasteiger partial charge in [-0.15, -0.1) is 0 Å². The number of rotatable bonds is 1. The summed E-state index contributed by atoms with van der Waals surface area (Å²) in [5.41, 5.74) is 1.16. The zero-order valence-electron chi connectivity index (χ0n) is 6.03. The van der Waals surface area contributed by atoms with E-state index in [-0.39, 0.29) is 12.0 Å². The summed E-state index contributed by atoms with van der Waals surface area (Å²) in [6.07, 6.45) is 1.61. The summed E-state index contributed by atoms with van der Waals surface area (Å²) in [4.78, 5) is 0. The molecule has 0 saturated carbocycles. The maximum absolute atomic E-state index is 9.48. The van der Waals surface area contributed by atoms with E-state index in [1.807, 2.05) is 11.6 Å². The first-order chi connectivity index (χ1) is 5.38. The van der Waals surface area contributed by atoms with Gasteiger partial charge in [0.05, 0.1) is 6.10 Å². The van der Waals surface area contributed by atoms with Crippen LogP contribution in [0.2, 0.25) is 0 Å². The van der Waals surface area contributed by atoms with E-state index in [9.17, 15) is 5.11 Å². The molecule has 60 valence electrons. The topological polar surface area (TPSA) is 45.1 Å². The Morgan fingerprint density at radius 2 is 2.55 bits per heavy atom. The predicted molar refractivity (Wildman–Crippen MR) is 43.7 cm³/mol. The molecule has 0 aliphatic carbocycles. The van der Waals surface area contributed by atoms with Gasteiger partial charge < -0.3 is 10.4 Å². The third-order valence-corrected chi connectivity index (χ3v) is 2.67. The van der Waals surface area contributed by atoms with Crippen LogP contribution in [-0.4, -0.2) is 28.7 Å². The van der Waals surface area contributed by atoms with Crippen molar-refractivity contribution in [1.29, 1.82) is 0 Å². The van der Waals surface area contributed by atoms with Crippen LogP contribution in [0.25, 0.3) is 0 Å². The minimum Gasteiger partial charge on any atom is -0.391 e. The highest BCUT2D eigenvalue weighted by Crippen LogP contribution is 2.22. The molecule has 2 rings (SSSR count). The summed E-state index contributed by atoms with van der Waals surface area (Å²) in [7, 11) is 0. The van der Waals surface area contributed by atoms with Crippen LogP contribution in [0.15, 0.2) is 11.6 Å². The average molecular weight is 170 g/mol. The van der Waals surface area contributed by atoms with Crippen LogP contribution in [0.3, 0.4) is 0 Å². The molecule has 2 heterocycles. The smallest absolute Gasteiger partial charge is 0.0746 e. The lowest BCUT2D eigenvalue weighted by molar-refractivity contribution is 0.178. The second kappa shape index (κ2) is 2.89. The van der Waals surface area contributed by atoms with Gasteiger partial charge >= 0.3 is 0 Å². The van der Waals surface area contributed by atoms with Crippen molar-refractivity contribution >= 4 is 11.5 Å². The Bertz CT molecular complexity index is 224. The van der Waals surface area contributed by atoms with E-state index in [1.54, 1.807) is 0 Å². The van der Waals surface area contributed by atoms with Crippen molar-refractivity contribution < 1.29 is 5.11 Å². The molecule has 1 aromatic heterocycles. The third-order valence-electron chi connectivity index (χ3n) is 2.06. The molecule has 2 atom stereocenters. The standard InChI is InChI=1S/C7H10N2OS/c10-7-3-8-2-6(7)5-1-9-11-4-5/h1,4,6-8,10H,2-3H2. The highest BCUT2D eigenvalue weighted by molar-refractivity contribution is 7.03. The normalized spacial score (nSPS) is 31.0. The van der Waals surface area contributed by atoms with Gasteiger partial charge in [0.2, 0.25) is 0 Å². The van der Waals surface area contributed by atoms with Gasteiger partial charge in [0.25, 0.3) is 0 Å². The van der Waals surface area contributed by atoms with E-state index in [4.69, 9.17) is 0 Å². The van der Waals surface area contributed by atoms with Crippen LogP contribution in [0.5, 0.6) is 0 Å². The molecule has 1 fully saturated rings. The second-order valence-corrected chi connectivity index (χ2v) is 3.45. The molecule has 0 aromatic carbocycles. The summed E-state index contributed by atoms with van der Waals surface area (Å²) in [5, 5.41) is 14.6. The van der Waals surface area contributed by atoms with Crippen LogP contribution in [0.4, 0.5) is 0 Å². The SMILES string of the molecule is OC1CNCC1c1cnsc1. The molecule has 0 bridgehead atoms. The first kappa shape index (κ1) is 7.21. The molecule has 2 unspecified atom stereocenters. The Kier molecular flexibility index (Phi) is 1.89. The van der Waals surface area contributed by atoms with Crippen LogP contribution >= 0.6 is 11.5 Å². The zero-order chi connectivity index (χ0) is 7.68. The van der Waals surface area contributed by atoms with Crippen molar-refractivity contribution in [1.82, 2.24) is 9.69 Å². The molecular formula is C7H10N2OS. The predicted octanol–water partition coefficient (Wildman–Crippen LogP) is 0.191. The van der Waals surface area contributed by atoms with Crippen LogP contribution in [0, 0.1) is 0 Å². The Morgan fingerprint density at radius 1 is 1.64 bits per heavy atom. The molecule has 1 aliphatic rings. The second-order valence-electron chi connectivity index (χ2n) is 2.79. The molecule has 0 radical (unpaired) electrons. The summed E-state index contributed by atoms with van der Waals surface area (Å²) in [6.45, 7) is 1.58. The number of hydrogen-bond donors (Lipinski definition) is 2. The fraction of sp³-hybridized carbons (Fsp3) is 0.571. The highest BCUT2D eigenvalue weighted by Gasteiger charge is 2.26. The monoisotopic (exact) mass is 170 g/mol. The van der Waals surface area contributed by atoms with Gasteiger partial charge in [0.1, 0.15) is 0 Å². The minimum absolute atomic E-state index is 0.230. The van der Waals surface area contributed by atoms with E-state index >= 15 is 0 Å². The van der Waals surface area contributed by atoms with Gasteiger partial charge in [0.15, 0.2) is 0 Å².